The van der Waals surface area contributed by atoms with Gasteiger partial charge < -0.3 is 16.0 Å². The third-order valence-electron chi connectivity index (χ3n) is 5.19. The van der Waals surface area contributed by atoms with E-state index in [0.717, 1.165) is 16.8 Å². The Morgan fingerprint density at radius 3 is 2.58 bits per heavy atom. The molecule has 1 aliphatic carbocycles. The highest BCUT2D eigenvalue weighted by Crippen LogP contribution is 2.60. The molecular formula is C20H19N5O. The fraction of sp³-hybridized carbons (Fsp3) is 0.150. The number of hydrogen-bond donors (Lipinski definition) is 3. The molecule has 0 radical (unpaired) electrons. The van der Waals surface area contributed by atoms with Crippen molar-refractivity contribution in [1.29, 1.82) is 5.41 Å². The average molecular weight is 345 g/mol. The molecule has 1 heterocycles. The van der Waals surface area contributed by atoms with E-state index in [9.17, 15) is 4.79 Å². The first-order chi connectivity index (χ1) is 12.5. The number of amides is 1. The lowest BCUT2D eigenvalue weighted by Gasteiger charge is -2.16. The van der Waals surface area contributed by atoms with E-state index < -0.39 is 5.41 Å². The lowest BCUT2D eigenvalue weighted by atomic mass is 9.89. The van der Waals surface area contributed by atoms with Gasteiger partial charge in [-0.3, -0.25) is 10.2 Å². The average Bonchev–Trinajstić information content (AvgIpc) is 3.19. The number of carbonyl (C=O) groups is 1. The molecule has 0 spiro atoms. The second kappa shape index (κ2) is 5.84. The van der Waals surface area contributed by atoms with Gasteiger partial charge in [0.25, 0.3) is 0 Å². The van der Waals surface area contributed by atoms with Crippen molar-refractivity contribution >= 4 is 11.7 Å². The maximum Gasteiger partial charge on any atom is 0.228 e. The van der Waals surface area contributed by atoms with Crippen molar-refractivity contribution in [3.05, 3.63) is 83.9 Å². The fourth-order valence-corrected chi connectivity index (χ4v) is 3.66. The molecule has 2 aromatic carbocycles. The number of nitrogens with two attached hydrogens (primary N) is 2. The summed E-state index contributed by atoms with van der Waals surface area (Å²) in [4.78, 5) is 16.4. The lowest BCUT2D eigenvalue weighted by molar-refractivity contribution is -0.120. The van der Waals surface area contributed by atoms with Gasteiger partial charge in [0.1, 0.15) is 5.84 Å². The van der Waals surface area contributed by atoms with E-state index in [-0.39, 0.29) is 17.7 Å². The summed E-state index contributed by atoms with van der Waals surface area (Å²) in [5, 5.41) is 7.61. The second-order valence-corrected chi connectivity index (χ2v) is 6.65. The highest BCUT2D eigenvalue weighted by molar-refractivity contribution is 5.96. The Balaban J connectivity index is 1.68. The van der Waals surface area contributed by atoms with Gasteiger partial charge in [-0.1, -0.05) is 30.3 Å². The molecule has 3 aromatic rings. The molecule has 0 bridgehead atoms. The summed E-state index contributed by atoms with van der Waals surface area (Å²) in [6.45, 7) is 0. The first-order valence-electron chi connectivity index (χ1n) is 8.35. The van der Waals surface area contributed by atoms with Gasteiger partial charge in [-0.2, -0.15) is 0 Å². The standard InChI is InChI=1S/C20H19N5O/c21-18(22)14-3-1-2-13(10-14)17-11-20(17,19(23)26)15-4-6-16(7-5-15)25-9-8-24-12-25/h1-10,12,17H,11H2,(H3,21,22)(H2,23,26). The van der Waals surface area contributed by atoms with E-state index in [1.165, 1.54) is 0 Å². The van der Waals surface area contributed by atoms with Crippen LogP contribution in [-0.4, -0.2) is 21.3 Å². The van der Waals surface area contributed by atoms with Crippen LogP contribution < -0.4 is 11.5 Å². The monoisotopic (exact) mass is 345 g/mol. The smallest absolute Gasteiger partial charge is 0.228 e. The number of benzene rings is 2. The van der Waals surface area contributed by atoms with Crippen molar-refractivity contribution in [2.75, 3.05) is 0 Å². The number of rotatable bonds is 5. The summed E-state index contributed by atoms with van der Waals surface area (Å²) in [6.07, 6.45) is 5.98. The van der Waals surface area contributed by atoms with Crippen LogP contribution in [0.5, 0.6) is 0 Å². The highest BCUT2D eigenvalue weighted by Gasteiger charge is 2.60. The Bertz CT molecular complexity index is 978. The molecule has 130 valence electrons. The molecule has 1 aromatic heterocycles. The van der Waals surface area contributed by atoms with Gasteiger partial charge in [-0.25, -0.2) is 4.98 Å². The summed E-state index contributed by atoms with van der Waals surface area (Å²) in [5.41, 5.74) is 14.2. The van der Waals surface area contributed by atoms with E-state index in [1.807, 2.05) is 53.2 Å². The SMILES string of the molecule is N=C(N)c1cccc(C2CC2(C(N)=O)c2ccc(-n3ccnc3)cc2)c1. The summed E-state index contributed by atoms with van der Waals surface area (Å²) < 4.78 is 1.90. The van der Waals surface area contributed by atoms with Gasteiger partial charge in [0, 0.05) is 29.6 Å². The molecule has 4 rings (SSSR count). The highest BCUT2D eigenvalue weighted by atomic mass is 16.1. The number of nitrogens with one attached hydrogen (secondary N) is 1. The number of carbonyl (C=O) groups excluding carboxylic acids is 1. The molecule has 0 aliphatic heterocycles. The Morgan fingerprint density at radius 1 is 1.19 bits per heavy atom. The van der Waals surface area contributed by atoms with Gasteiger partial charge in [0.05, 0.1) is 11.7 Å². The molecule has 1 saturated carbocycles. The molecule has 0 saturated heterocycles. The van der Waals surface area contributed by atoms with E-state index in [2.05, 4.69) is 4.98 Å². The normalized spacial score (nSPS) is 21.3. The number of nitrogens with zero attached hydrogens (tertiary/aromatic N) is 2. The summed E-state index contributed by atoms with van der Waals surface area (Å²) >= 11 is 0. The van der Waals surface area contributed by atoms with Gasteiger partial charge >= 0.3 is 0 Å². The summed E-state index contributed by atoms with van der Waals surface area (Å²) in [5.74, 6) is -0.314. The Labute approximate surface area is 151 Å². The zero-order chi connectivity index (χ0) is 18.3. The van der Waals surface area contributed by atoms with Crippen molar-refractivity contribution < 1.29 is 4.79 Å². The predicted molar refractivity (Wildman–Crippen MR) is 99.3 cm³/mol. The summed E-state index contributed by atoms with van der Waals surface area (Å²) in [7, 11) is 0. The molecule has 1 fully saturated rings. The first-order valence-corrected chi connectivity index (χ1v) is 8.35. The maximum atomic E-state index is 12.3. The minimum atomic E-state index is -0.705. The van der Waals surface area contributed by atoms with Crippen LogP contribution >= 0.6 is 0 Å². The largest absolute Gasteiger partial charge is 0.384 e. The number of amidine groups is 1. The fourth-order valence-electron chi connectivity index (χ4n) is 3.66. The topological polar surface area (TPSA) is 111 Å². The van der Waals surface area contributed by atoms with Crippen LogP contribution in [0.3, 0.4) is 0 Å². The lowest BCUT2D eigenvalue weighted by Crippen LogP contribution is -2.30. The quantitative estimate of drug-likeness (QED) is 0.486. The van der Waals surface area contributed by atoms with Gasteiger partial charge in [-0.05, 0) is 35.7 Å². The van der Waals surface area contributed by atoms with Crippen LogP contribution in [0.15, 0.2) is 67.3 Å². The van der Waals surface area contributed by atoms with Gasteiger partial charge in [0.15, 0.2) is 0 Å². The van der Waals surface area contributed by atoms with Crippen LogP contribution in [0.25, 0.3) is 5.69 Å². The number of primary amides is 1. The molecular weight excluding hydrogens is 326 g/mol. The summed E-state index contributed by atoms with van der Waals surface area (Å²) in [6, 6.07) is 15.3. The van der Waals surface area contributed by atoms with E-state index in [0.29, 0.717) is 12.0 Å². The third kappa shape index (κ3) is 2.47. The predicted octanol–water partition coefficient (Wildman–Crippen LogP) is 2.07. The van der Waals surface area contributed by atoms with Crippen LogP contribution in [0.2, 0.25) is 0 Å². The zero-order valence-electron chi connectivity index (χ0n) is 14.1. The van der Waals surface area contributed by atoms with Crippen molar-refractivity contribution in [3.63, 3.8) is 0 Å². The molecule has 26 heavy (non-hydrogen) atoms. The number of hydrogen-bond acceptors (Lipinski definition) is 3. The molecule has 6 nitrogen and oxygen atoms in total. The molecule has 1 aliphatic rings. The van der Waals surface area contributed by atoms with Crippen LogP contribution in [-0.2, 0) is 10.2 Å². The van der Waals surface area contributed by atoms with Crippen LogP contribution in [0.1, 0.15) is 29.0 Å². The van der Waals surface area contributed by atoms with Crippen molar-refractivity contribution in [3.8, 4) is 5.69 Å². The van der Waals surface area contributed by atoms with Gasteiger partial charge in [-0.15, -0.1) is 0 Å². The first kappa shape index (κ1) is 16.1. The molecule has 2 unspecified atom stereocenters. The van der Waals surface area contributed by atoms with E-state index in [4.69, 9.17) is 16.9 Å². The third-order valence-corrected chi connectivity index (χ3v) is 5.19. The van der Waals surface area contributed by atoms with Crippen LogP contribution in [0, 0.1) is 5.41 Å². The van der Waals surface area contributed by atoms with Gasteiger partial charge in [0.2, 0.25) is 5.91 Å². The number of nitrogen functional groups attached to an aromatic ring is 1. The maximum absolute atomic E-state index is 12.3. The molecule has 6 heteroatoms. The van der Waals surface area contributed by atoms with Crippen molar-refractivity contribution in [1.82, 2.24) is 9.55 Å². The van der Waals surface area contributed by atoms with Crippen molar-refractivity contribution in [2.24, 2.45) is 11.5 Å². The number of imidazole rings is 1. The minimum absolute atomic E-state index is 0.00149. The van der Waals surface area contributed by atoms with Crippen LogP contribution in [0.4, 0.5) is 0 Å². The van der Waals surface area contributed by atoms with E-state index in [1.54, 1.807) is 18.6 Å². The number of aromatic nitrogens is 2. The zero-order valence-corrected chi connectivity index (χ0v) is 14.1. The Morgan fingerprint density at radius 2 is 1.96 bits per heavy atom. The molecule has 5 N–H and O–H groups in total. The Kier molecular flexibility index (Phi) is 3.61. The van der Waals surface area contributed by atoms with E-state index >= 15 is 0 Å². The van der Waals surface area contributed by atoms with Crippen molar-refractivity contribution in [2.45, 2.75) is 17.8 Å². The molecule has 2 atom stereocenters. The Hall–Kier alpha value is -3.41. The molecule has 1 amide bonds. The second-order valence-electron chi connectivity index (χ2n) is 6.65. The minimum Gasteiger partial charge on any atom is -0.384 e.